The van der Waals surface area contributed by atoms with Crippen molar-refractivity contribution in [3.8, 4) is 0 Å². The van der Waals surface area contributed by atoms with Gasteiger partial charge in [-0.25, -0.2) is 0 Å². The van der Waals surface area contributed by atoms with Crippen LogP contribution in [0.4, 0.5) is 0 Å². The zero-order valence-corrected chi connectivity index (χ0v) is 8.46. The highest BCUT2D eigenvalue weighted by molar-refractivity contribution is 5.90. The van der Waals surface area contributed by atoms with Gasteiger partial charge in [0.1, 0.15) is 6.04 Å². The molecular formula is C9H16N2O3. The predicted octanol–water partition coefficient (Wildman–Crippen LogP) is -0.848. The van der Waals surface area contributed by atoms with Gasteiger partial charge in [-0.1, -0.05) is 0 Å². The number of carbonyl (C=O) groups is 2. The topological polar surface area (TPSA) is 78.4 Å². The molecule has 1 saturated heterocycles. The molecule has 2 amide bonds. The van der Waals surface area contributed by atoms with Gasteiger partial charge in [-0.05, 0) is 20.3 Å². The second-order valence-corrected chi connectivity index (χ2v) is 4.19. The Morgan fingerprint density at radius 2 is 2.36 bits per heavy atom. The van der Waals surface area contributed by atoms with Crippen molar-refractivity contribution in [2.45, 2.75) is 38.3 Å². The first-order valence-corrected chi connectivity index (χ1v) is 4.68. The SMILES string of the molecule is CC(C)(O)CNC(=O)[C@H]1CCC(=O)N1. The number of aliphatic hydroxyl groups is 1. The Morgan fingerprint density at radius 1 is 1.71 bits per heavy atom. The van der Waals surface area contributed by atoms with Crippen LogP contribution >= 0.6 is 0 Å². The van der Waals surface area contributed by atoms with Crippen molar-refractivity contribution < 1.29 is 14.7 Å². The summed E-state index contributed by atoms with van der Waals surface area (Å²) >= 11 is 0. The monoisotopic (exact) mass is 200 g/mol. The first-order chi connectivity index (χ1) is 6.38. The van der Waals surface area contributed by atoms with E-state index in [-0.39, 0.29) is 18.4 Å². The molecule has 0 bridgehead atoms. The van der Waals surface area contributed by atoms with Crippen molar-refractivity contribution in [3.63, 3.8) is 0 Å². The van der Waals surface area contributed by atoms with E-state index in [9.17, 15) is 14.7 Å². The van der Waals surface area contributed by atoms with Crippen LogP contribution in [0.1, 0.15) is 26.7 Å². The highest BCUT2D eigenvalue weighted by Gasteiger charge is 2.27. The molecule has 1 atom stereocenters. The third kappa shape index (κ3) is 3.33. The van der Waals surface area contributed by atoms with Gasteiger partial charge < -0.3 is 15.7 Å². The van der Waals surface area contributed by atoms with Gasteiger partial charge in [-0.2, -0.15) is 0 Å². The minimum atomic E-state index is -0.918. The van der Waals surface area contributed by atoms with Crippen molar-refractivity contribution in [1.29, 1.82) is 0 Å². The normalized spacial score (nSPS) is 21.9. The second kappa shape index (κ2) is 3.96. The molecule has 0 saturated carbocycles. The summed E-state index contributed by atoms with van der Waals surface area (Å²) in [6, 6.07) is -0.426. The molecule has 0 aliphatic carbocycles. The molecule has 0 aromatic rings. The molecule has 0 spiro atoms. The molecule has 3 N–H and O–H groups in total. The third-order valence-corrected chi connectivity index (χ3v) is 2.01. The highest BCUT2D eigenvalue weighted by atomic mass is 16.3. The molecule has 14 heavy (non-hydrogen) atoms. The van der Waals surface area contributed by atoms with Crippen LogP contribution < -0.4 is 10.6 Å². The van der Waals surface area contributed by atoms with Crippen LogP contribution in [-0.4, -0.2) is 35.1 Å². The van der Waals surface area contributed by atoms with E-state index in [1.165, 1.54) is 0 Å². The van der Waals surface area contributed by atoms with Gasteiger partial charge in [0.05, 0.1) is 5.60 Å². The lowest BCUT2D eigenvalue weighted by molar-refractivity contribution is -0.126. The molecule has 1 fully saturated rings. The fourth-order valence-electron chi connectivity index (χ4n) is 1.24. The molecule has 0 aromatic heterocycles. The Hall–Kier alpha value is -1.10. The Balaban J connectivity index is 2.32. The Labute approximate surface area is 82.9 Å². The van der Waals surface area contributed by atoms with Crippen molar-refractivity contribution in [3.05, 3.63) is 0 Å². The van der Waals surface area contributed by atoms with Gasteiger partial charge >= 0.3 is 0 Å². The number of hydrogen-bond acceptors (Lipinski definition) is 3. The molecular weight excluding hydrogens is 184 g/mol. The van der Waals surface area contributed by atoms with E-state index in [4.69, 9.17) is 0 Å². The lowest BCUT2D eigenvalue weighted by Crippen LogP contribution is -2.46. The van der Waals surface area contributed by atoms with Crippen molar-refractivity contribution in [2.24, 2.45) is 0 Å². The summed E-state index contributed by atoms with van der Waals surface area (Å²) < 4.78 is 0. The highest BCUT2D eigenvalue weighted by Crippen LogP contribution is 2.06. The molecule has 0 radical (unpaired) electrons. The summed E-state index contributed by atoms with van der Waals surface area (Å²) in [5.41, 5.74) is -0.918. The van der Waals surface area contributed by atoms with Crippen LogP contribution in [0.15, 0.2) is 0 Å². The molecule has 1 aliphatic rings. The minimum absolute atomic E-state index is 0.0894. The summed E-state index contributed by atoms with van der Waals surface area (Å²) in [6.45, 7) is 3.42. The maximum absolute atomic E-state index is 11.4. The molecule has 0 aromatic carbocycles. The maximum Gasteiger partial charge on any atom is 0.242 e. The smallest absolute Gasteiger partial charge is 0.242 e. The standard InChI is InChI=1S/C9H16N2O3/c1-9(2,14)5-10-8(13)6-3-4-7(12)11-6/h6,14H,3-5H2,1-2H3,(H,10,13)(H,11,12)/t6-/m1/s1. The number of rotatable bonds is 3. The molecule has 1 rings (SSSR count). The van der Waals surface area contributed by atoms with E-state index in [1.54, 1.807) is 13.8 Å². The average molecular weight is 200 g/mol. The van der Waals surface area contributed by atoms with Crippen LogP contribution in [0.25, 0.3) is 0 Å². The third-order valence-electron chi connectivity index (χ3n) is 2.01. The fraction of sp³-hybridized carbons (Fsp3) is 0.778. The van der Waals surface area contributed by atoms with E-state index in [1.807, 2.05) is 0 Å². The maximum atomic E-state index is 11.4. The lowest BCUT2D eigenvalue weighted by Gasteiger charge is -2.19. The molecule has 80 valence electrons. The van der Waals surface area contributed by atoms with Gasteiger partial charge in [0, 0.05) is 13.0 Å². The summed E-state index contributed by atoms with van der Waals surface area (Å²) in [6.07, 6.45) is 0.942. The number of hydrogen-bond donors (Lipinski definition) is 3. The van der Waals surface area contributed by atoms with E-state index < -0.39 is 11.6 Å². The first-order valence-electron chi connectivity index (χ1n) is 4.68. The van der Waals surface area contributed by atoms with Crippen LogP contribution in [0.2, 0.25) is 0 Å². The van der Waals surface area contributed by atoms with E-state index >= 15 is 0 Å². The lowest BCUT2D eigenvalue weighted by atomic mass is 10.1. The Bertz CT molecular complexity index is 245. The van der Waals surface area contributed by atoms with Crippen LogP contribution in [0.3, 0.4) is 0 Å². The fourth-order valence-corrected chi connectivity index (χ4v) is 1.24. The molecule has 5 heteroatoms. The van der Waals surface area contributed by atoms with E-state index in [0.717, 1.165) is 0 Å². The summed E-state index contributed by atoms with van der Waals surface area (Å²) in [7, 11) is 0. The Morgan fingerprint density at radius 3 is 2.79 bits per heavy atom. The average Bonchev–Trinajstić information content (AvgIpc) is 2.46. The molecule has 5 nitrogen and oxygen atoms in total. The van der Waals surface area contributed by atoms with Gasteiger partial charge in [-0.3, -0.25) is 9.59 Å². The number of nitrogens with one attached hydrogen (secondary N) is 2. The van der Waals surface area contributed by atoms with Crippen molar-refractivity contribution >= 4 is 11.8 Å². The van der Waals surface area contributed by atoms with E-state index in [0.29, 0.717) is 12.8 Å². The van der Waals surface area contributed by atoms with Crippen LogP contribution in [0, 0.1) is 0 Å². The summed E-state index contributed by atoms with van der Waals surface area (Å²) in [5.74, 6) is -0.314. The summed E-state index contributed by atoms with van der Waals surface area (Å²) in [4.78, 5) is 22.2. The van der Waals surface area contributed by atoms with E-state index in [2.05, 4.69) is 10.6 Å². The molecule has 0 unspecified atom stereocenters. The Kier molecular flexibility index (Phi) is 3.10. The van der Waals surface area contributed by atoms with Gasteiger partial charge in [0.2, 0.25) is 11.8 Å². The van der Waals surface area contributed by atoms with Gasteiger partial charge in [0.15, 0.2) is 0 Å². The largest absolute Gasteiger partial charge is 0.389 e. The number of carbonyl (C=O) groups excluding carboxylic acids is 2. The molecule has 1 heterocycles. The zero-order valence-electron chi connectivity index (χ0n) is 8.46. The zero-order chi connectivity index (χ0) is 10.8. The summed E-state index contributed by atoms with van der Waals surface area (Å²) in [5, 5.41) is 14.5. The second-order valence-electron chi connectivity index (χ2n) is 4.19. The van der Waals surface area contributed by atoms with Crippen LogP contribution in [-0.2, 0) is 9.59 Å². The molecule has 1 aliphatic heterocycles. The first kappa shape index (κ1) is 11.0. The van der Waals surface area contributed by atoms with Gasteiger partial charge in [-0.15, -0.1) is 0 Å². The van der Waals surface area contributed by atoms with Gasteiger partial charge in [0.25, 0.3) is 0 Å². The van der Waals surface area contributed by atoms with Crippen molar-refractivity contribution in [1.82, 2.24) is 10.6 Å². The quantitative estimate of drug-likeness (QED) is 0.555. The predicted molar refractivity (Wildman–Crippen MR) is 50.5 cm³/mol. The minimum Gasteiger partial charge on any atom is -0.389 e. The van der Waals surface area contributed by atoms with Crippen LogP contribution in [0.5, 0.6) is 0 Å². The van der Waals surface area contributed by atoms with Crippen molar-refractivity contribution in [2.75, 3.05) is 6.54 Å². The number of amides is 2.